The van der Waals surface area contributed by atoms with Crippen LogP contribution in [0, 0.1) is 0 Å². The predicted octanol–water partition coefficient (Wildman–Crippen LogP) is 2.63. The smallest absolute Gasteiger partial charge is 0.253 e. The van der Waals surface area contributed by atoms with Crippen molar-refractivity contribution in [3.63, 3.8) is 0 Å². The van der Waals surface area contributed by atoms with Gasteiger partial charge in [0.15, 0.2) is 0 Å². The average Bonchev–Trinajstić information content (AvgIpc) is 2.60. The highest BCUT2D eigenvalue weighted by atomic mass is 16.5. The maximum absolute atomic E-state index is 12.3. The Morgan fingerprint density at radius 1 is 1.00 bits per heavy atom. The average molecular weight is 326 g/mol. The van der Waals surface area contributed by atoms with Gasteiger partial charge in [-0.25, -0.2) is 0 Å². The van der Waals surface area contributed by atoms with Crippen LogP contribution in [0.15, 0.2) is 54.6 Å². The summed E-state index contributed by atoms with van der Waals surface area (Å²) in [4.78, 5) is 24.5. The minimum Gasteiger partial charge on any atom is -0.385 e. The number of carbonyl (C=O) groups is 2. The molecule has 0 bridgehead atoms. The summed E-state index contributed by atoms with van der Waals surface area (Å²) in [6.45, 7) is 1.12. The van der Waals surface area contributed by atoms with Crippen LogP contribution in [-0.2, 0) is 16.0 Å². The van der Waals surface area contributed by atoms with Crippen LogP contribution in [0.3, 0.4) is 0 Å². The Morgan fingerprint density at radius 3 is 2.46 bits per heavy atom. The quantitative estimate of drug-likeness (QED) is 0.733. The van der Waals surface area contributed by atoms with Crippen molar-refractivity contribution < 1.29 is 14.3 Å². The molecule has 0 heterocycles. The number of nitrogens with one attached hydrogen (secondary N) is 2. The molecular formula is C19H22N2O3. The summed E-state index contributed by atoms with van der Waals surface area (Å²) in [5.74, 6) is -0.359. The molecule has 2 aromatic carbocycles. The fraction of sp³-hybridized carbons (Fsp3) is 0.263. The number of methoxy groups -OCH3 is 1. The molecule has 2 rings (SSSR count). The van der Waals surface area contributed by atoms with E-state index in [-0.39, 0.29) is 18.2 Å². The van der Waals surface area contributed by atoms with Gasteiger partial charge in [-0.05, 0) is 24.1 Å². The highest BCUT2D eigenvalue weighted by molar-refractivity contribution is 6.04. The lowest BCUT2D eigenvalue weighted by Crippen LogP contribution is -2.27. The number of hydrogen-bond donors (Lipinski definition) is 2. The van der Waals surface area contributed by atoms with E-state index in [0.717, 1.165) is 12.0 Å². The maximum Gasteiger partial charge on any atom is 0.253 e. The molecule has 0 aliphatic carbocycles. The predicted molar refractivity (Wildman–Crippen MR) is 94.0 cm³/mol. The largest absolute Gasteiger partial charge is 0.385 e. The maximum atomic E-state index is 12.3. The molecule has 126 valence electrons. The molecular weight excluding hydrogens is 304 g/mol. The zero-order valence-electron chi connectivity index (χ0n) is 13.7. The van der Waals surface area contributed by atoms with Gasteiger partial charge < -0.3 is 15.4 Å². The van der Waals surface area contributed by atoms with Crippen LogP contribution < -0.4 is 10.6 Å². The zero-order chi connectivity index (χ0) is 17.2. The van der Waals surface area contributed by atoms with Crippen LogP contribution in [0.2, 0.25) is 0 Å². The summed E-state index contributed by atoms with van der Waals surface area (Å²) in [5, 5.41) is 5.64. The number of benzene rings is 2. The molecule has 0 aliphatic rings. The molecule has 0 radical (unpaired) electrons. The molecule has 2 amide bonds. The van der Waals surface area contributed by atoms with Crippen molar-refractivity contribution in [3.8, 4) is 0 Å². The number of anilines is 1. The van der Waals surface area contributed by atoms with Crippen LogP contribution in [0.4, 0.5) is 5.69 Å². The van der Waals surface area contributed by atoms with Crippen molar-refractivity contribution in [1.29, 1.82) is 0 Å². The van der Waals surface area contributed by atoms with Crippen LogP contribution in [-0.4, -0.2) is 32.1 Å². The van der Waals surface area contributed by atoms with Gasteiger partial charge in [-0.3, -0.25) is 9.59 Å². The van der Waals surface area contributed by atoms with Crippen molar-refractivity contribution in [2.24, 2.45) is 0 Å². The van der Waals surface area contributed by atoms with E-state index in [1.54, 1.807) is 31.4 Å². The van der Waals surface area contributed by atoms with E-state index in [2.05, 4.69) is 10.6 Å². The van der Waals surface area contributed by atoms with Crippen molar-refractivity contribution >= 4 is 17.5 Å². The topological polar surface area (TPSA) is 67.4 Å². The van der Waals surface area contributed by atoms with E-state index < -0.39 is 0 Å². The van der Waals surface area contributed by atoms with Gasteiger partial charge in [0, 0.05) is 20.3 Å². The second kappa shape index (κ2) is 9.47. The number of ether oxygens (including phenoxy) is 1. The van der Waals surface area contributed by atoms with Gasteiger partial charge in [0.2, 0.25) is 5.91 Å². The summed E-state index contributed by atoms with van der Waals surface area (Å²) in [7, 11) is 1.62. The standard InChI is InChI=1S/C19H22N2O3/c1-24-13-7-12-20-19(23)16-10-5-6-11-17(16)21-18(22)14-15-8-3-2-4-9-15/h2-6,8-11H,7,12-14H2,1H3,(H,20,23)(H,21,22). The summed E-state index contributed by atoms with van der Waals surface area (Å²) >= 11 is 0. The van der Waals surface area contributed by atoms with Gasteiger partial charge in [0.25, 0.3) is 5.91 Å². The monoisotopic (exact) mass is 326 g/mol. The van der Waals surface area contributed by atoms with Crippen molar-refractivity contribution in [2.45, 2.75) is 12.8 Å². The van der Waals surface area contributed by atoms with Crippen molar-refractivity contribution in [2.75, 3.05) is 25.6 Å². The van der Waals surface area contributed by atoms with E-state index in [9.17, 15) is 9.59 Å². The molecule has 2 N–H and O–H groups in total. The number of rotatable bonds is 8. The highest BCUT2D eigenvalue weighted by Crippen LogP contribution is 2.15. The van der Waals surface area contributed by atoms with Crippen molar-refractivity contribution in [3.05, 3.63) is 65.7 Å². The molecule has 0 saturated heterocycles. The molecule has 0 unspecified atom stereocenters. The Bertz CT molecular complexity index is 671. The third-order valence-electron chi connectivity index (χ3n) is 3.46. The first-order valence-corrected chi connectivity index (χ1v) is 7.90. The highest BCUT2D eigenvalue weighted by Gasteiger charge is 2.12. The Balaban J connectivity index is 1.97. The molecule has 5 nitrogen and oxygen atoms in total. The fourth-order valence-corrected chi connectivity index (χ4v) is 2.28. The van der Waals surface area contributed by atoms with Crippen LogP contribution >= 0.6 is 0 Å². The third kappa shape index (κ3) is 5.52. The number of amides is 2. The Kier molecular flexibility index (Phi) is 6.98. The van der Waals surface area contributed by atoms with E-state index in [1.165, 1.54) is 0 Å². The number of para-hydroxylation sites is 1. The van der Waals surface area contributed by atoms with E-state index in [1.807, 2.05) is 30.3 Å². The lowest BCUT2D eigenvalue weighted by Gasteiger charge is -2.11. The summed E-state index contributed by atoms with van der Waals surface area (Å²) in [6, 6.07) is 16.5. The Labute approximate surface area is 142 Å². The van der Waals surface area contributed by atoms with Gasteiger partial charge in [-0.1, -0.05) is 42.5 Å². The normalized spacial score (nSPS) is 10.2. The van der Waals surface area contributed by atoms with E-state index in [0.29, 0.717) is 24.4 Å². The first kappa shape index (κ1) is 17.7. The molecule has 0 atom stereocenters. The van der Waals surface area contributed by atoms with Gasteiger partial charge >= 0.3 is 0 Å². The molecule has 0 saturated carbocycles. The Hall–Kier alpha value is -2.66. The number of hydrogen-bond acceptors (Lipinski definition) is 3. The van der Waals surface area contributed by atoms with Crippen molar-refractivity contribution in [1.82, 2.24) is 5.32 Å². The van der Waals surface area contributed by atoms with Gasteiger partial charge in [0.05, 0.1) is 17.7 Å². The minimum atomic E-state index is -0.207. The minimum absolute atomic E-state index is 0.152. The first-order valence-electron chi connectivity index (χ1n) is 7.90. The third-order valence-corrected chi connectivity index (χ3v) is 3.46. The number of carbonyl (C=O) groups excluding carboxylic acids is 2. The first-order chi connectivity index (χ1) is 11.7. The molecule has 0 aromatic heterocycles. The fourth-order valence-electron chi connectivity index (χ4n) is 2.28. The molecule has 0 fully saturated rings. The summed E-state index contributed by atoms with van der Waals surface area (Å²) < 4.78 is 4.95. The van der Waals surface area contributed by atoms with Crippen LogP contribution in [0.1, 0.15) is 22.3 Å². The zero-order valence-corrected chi connectivity index (χ0v) is 13.7. The SMILES string of the molecule is COCCCNC(=O)c1ccccc1NC(=O)Cc1ccccc1. The second-order valence-corrected chi connectivity index (χ2v) is 5.36. The van der Waals surface area contributed by atoms with Crippen LogP contribution in [0.5, 0.6) is 0 Å². The van der Waals surface area contributed by atoms with E-state index in [4.69, 9.17) is 4.74 Å². The second-order valence-electron chi connectivity index (χ2n) is 5.36. The van der Waals surface area contributed by atoms with E-state index >= 15 is 0 Å². The molecule has 0 aliphatic heterocycles. The summed E-state index contributed by atoms with van der Waals surface area (Å²) in [5.41, 5.74) is 1.90. The van der Waals surface area contributed by atoms with Gasteiger partial charge in [0.1, 0.15) is 0 Å². The molecule has 2 aromatic rings. The molecule has 5 heteroatoms. The van der Waals surface area contributed by atoms with Crippen LogP contribution in [0.25, 0.3) is 0 Å². The van der Waals surface area contributed by atoms with Gasteiger partial charge in [-0.2, -0.15) is 0 Å². The summed E-state index contributed by atoms with van der Waals surface area (Å²) in [6.07, 6.45) is 1.01. The molecule has 24 heavy (non-hydrogen) atoms. The Morgan fingerprint density at radius 2 is 1.71 bits per heavy atom. The lowest BCUT2D eigenvalue weighted by atomic mass is 10.1. The lowest BCUT2D eigenvalue weighted by molar-refractivity contribution is -0.115. The van der Waals surface area contributed by atoms with Gasteiger partial charge in [-0.15, -0.1) is 0 Å². The molecule has 0 spiro atoms.